The summed E-state index contributed by atoms with van der Waals surface area (Å²) in [5.41, 5.74) is 2.40. The van der Waals surface area contributed by atoms with Gasteiger partial charge >= 0.3 is 0 Å². The maximum Gasteiger partial charge on any atom is 0.271 e. The first-order valence-corrected chi connectivity index (χ1v) is 12.4. The van der Waals surface area contributed by atoms with Crippen molar-refractivity contribution in [3.8, 4) is 0 Å². The van der Waals surface area contributed by atoms with E-state index in [9.17, 15) is 19.8 Å². The molecule has 7 heteroatoms. The number of aromatic nitrogens is 1. The summed E-state index contributed by atoms with van der Waals surface area (Å²) in [7, 11) is 0. The number of aliphatic hydroxyl groups excluding tert-OH is 2. The molecule has 1 saturated carbocycles. The number of carbonyl (C=O) groups is 2. The van der Waals surface area contributed by atoms with Crippen molar-refractivity contribution in [2.24, 2.45) is 11.8 Å². The number of benzene rings is 1. The van der Waals surface area contributed by atoms with Gasteiger partial charge in [-0.1, -0.05) is 64.2 Å². The number of aromatic amines is 1. The topological polar surface area (TPSA) is 106 Å². The lowest BCUT2D eigenvalue weighted by Crippen LogP contribution is -2.52. The van der Waals surface area contributed by atoms with Crippen LogP contribution >= 0.6 is 0 Å². The van der Waals surface area contributed by atoms with E-state index in [2.05, 4.69) is 10.3 Å². The predicted octanol–water partition coefficient (Wildman–Crippen LogP) is 3.35. The molecule has 7 nitrogen and oxygen atoms in total. The fourth-order valence-electron chi connectivity index (χ4n) is 5.48. The summed E-state index contributed by atoms with van der Waals surface area (Å²) < 4.78 is 0. The Bertz CT molecular complexity index is 979. The molecule has 3 atom stereocenters. The van der Waals surface area contributed by atoms with E-state index in [0.29, 0.717) is 31.0 Å². The number of amides is 2. The number of rotatable bonds is 9. The van der Waals surface area contributed by atoms with Crippen molar-refractivity contribution in [3.05, 3.63) is 35.5 Å². The SMILES string of the molecule is CC(C)CC(O)C(O)C(CC1CCCCC1)NC(=O)CN1Cc2c([nH]c3ccccc23)C1=O. The summed E-state index contributed by atoms with van der Waals surface area (Å²) in [6.45, 7) is 4.32. The molecule has 2 aromatic rings. The van der Waals surface area contributed by atoms with Crippen LogP contribution in [-0.2, 0) is 11.3 Å². The average molecular weight is 456 g/mol. The molecule has 1 aliphatic carbocycles. The Morgan fingerprint density at radius 1 is 1.18 bits per heavy atom. The van der Waals surface area contributed by atoms with Gasteiger partial charge in [-0.05, 0) is 30.7 Å². The Morgan fingerprint density at radius 2 is 1.91 bits per heavy atom. The molecule has 4 rings (SSSR count). The summed E-state index contributed by atoms with van der Waals surface area (Å²) in [6, 6.07) is 7.27. The second kappa shape index (κ2) is 10.3. The van der Waals surface area contributed by atoms with Crippen LogP contribution in [0.3, 0.4) is 0 Å². The molecule has 2 aliphatic rings. The molecule has 1 aromatic heterocycles. The standard InChI is InChI=1S/C26H37N3O4/c1-16(2)12-22(30)25(32)21(13-17-8-4-3-5-9-17)27-23(31)15-29-14-19-18-10-6-7-11-20(18)28-24(19)26(29)33/h6-7,10-11,16-17,21-22,25,28,30,32H,3-5,8-9,12-15H2,1-2H3,(H,27,31). The predicted molar refractivity (Wildman–Crippen MR) is 128 cm³/mol. The van der Waals surface area contributed by atoms with Crippen molar-refractivity contribution in [1.29, 1.82) is 0 Å². The van der Waals surface area contributed by atoms with Gasteiger partial charge in [-0.15, -0.1) is 0 Å². The number of hydrogen-bond donors (Lipinski definition) is 4. The second-order valence-corrected chi connectivity index (χ2v) is 10.3. The van der Waals surface area contributed by atoms with Crippen LogP contribution in [0.1, 0.15) is 74.8 Å². The van der Waals surface area contributed by atoms with E-state index >= 15 is 0 Å². The molecule has 0 radical (unpaired) electrons. The molecule has 0 spiro atoms. The quantitative estimate of drug-likeness (QED) is 0.465. The number of nitrogens with zero attached hydrogens (tertiary/aromatic N) is 1. The van der Waals surface area contributed by atoms with E-state index in [1.165, 1.54) is 24.2 Å². The van der Waals surface area contributed by atoms with Gasteiger partial charge in [0.15, 0.2) is 0 Å². The fraction of sp³-hybridized carbons (Fsp3) is 0.615. The van der Waals surface area contributed by atoms with Gasteiger partial charge in [-0.2, -0.15) is 0 Å². The van der Waals surface area contributed by atoms with Crippen LogP contribution in [0, 0.1) is 11.8 Å². The number of fused-ring (bicyclic) bond motifs is 3. The summed E-state index contributed by atoms with van der Waals surface area (Å²) in [5, 5.41) is 25.4. The maximum absolute atomic E-state index is 13.0. The van der Waals surface area contributed by atoms with Crippen LogP contribution in [0.25, 0.3) is 10.9 Å². The Kier molecular flexibility index (Phi) is 7.39. The van der Waals surface area contributed by atoms with Gasteiger partial charge in [0.25, 0.3) is 5.91 Å². The van der Waals surface area contributed by atoms with Crippen LogP contribution in [0.2, 0.25) is 0 Å². The third-order valence-electron chi connectivity index (χ3n) is 7.18. The van der Waals surface area contributed by atoms with Crippen LogP contribution in [0.5, 0.6) is 0 Å². The molecular formula is C26H37N3O4. The Labute approximate surface area is 195 Å². The number of H-pyrrole nitrogens is 1. The molecule has 180 valence electrons. The first kappa shape index (κ1) is 23.8. The number of carbonyl (C=O) groups excluding carboxylic acids is 2. The smallest absolute Gasteiger partial charge is 0.271 e. The monoisotopic (exact) mass is 455 g/mol. The highest BCUT2D eigenvalue weighted by molar-refractivity contribution is 6.05. The molecule has 0 bridgehead atoms. The third kappa shape index (κ3) is 5.41. The van der Waals surface area contributed by atoms with E-state index < -0.39 is 18.2 Å². The number of para-hydroxylation sites is 1. The van der Waals surface area contributed by atoms with Crippen molar-refractivity contribution in [3.63, 3.8) is 0 Å². The van der Waals surface area contributed by atoms with Crippen LogP contribution in [0.4, 0.5) is 0 Å². The highest BCUT2D eigenvalue weighted by Crippen LogP contribution is 2.31. The molecular weight excluding hydrogens is 418 g/mol. The van der Waals surface area contributed by atoms with Crippen molar-refractivity contribution in [1.82, 2.24) is 15.2 Å². The fourth-order valence-corrected chi connectivity index (χ4v) is 5.48. The van der Waals surface area contributed by atoms with Crippen molar-refractivity contribution < 1.29 is 19.8 Å². The van der Waals surface area contributed by atoms with Crippen LogP contribution in [0.15, 0.2) is 24.3 Å². The number of nitrogens with one attached hydrogen (secondary N) is 2. The largest absolute Gasteiger partial charge is 0.390 e. The van der Waals surface area contributed by atoms with E-state index in [4.69, 9.17) is 0 Å². The van der Waals surface area contributed by atoms with Gasteiger partial charge in [-0.3, -0.25) is 9.59 Å². The zero-order valence-corrected chi connectivity index (χ0v) is 19.7. The molecule has 3 unspecified atom stereocenters. The Balaban J connectivity index is 1.41. The van der Waals surface area contributed by atoms with Gasteiger partial charge in [0.1, 0.15) is 18.3 Å². The Hall–Kier alpha value is -2.38. The van der Waals surface area contributed by atoms with Gasteiger partial charge in [0.2, 0.25) is 5.91 Å². The zero-order valence-electron chi connectivity index (χ0n) is 19.7. The summed E-state index contributed by atoms with van der Waals surface area (Å²) in [5.74, 6) is 0.200. The van der Waals surface area contributed by atoms with Crippen molar-refractivity contribution in [2.75, 3.05) is 6.54 Å². The minimum atomic E-state index is -1.02. The number of aliphatic hydroxyl groups is 2. The van der Waals surface area contributed by atoms with E-state index in [0.717, 1.165) is 29.3 Å². The highest BCUT2D eigenvalue weighted by Gasteiger charge is 2.34. The lowest BCUT2D eigenvalue weighted by Gasteiger charge is -2.33. The average Bonchev–Trinajstić information content (AvgIpc) is 3.29. The van der Waals surface area contributed by atoms with Gasteiger partial charge in [0.05, 0.1) is 12.1 Å². The van der Waals surface area contributed by atoms with Crippen LogP contribution < -0.4 is 5.32 Å². The minimum Gasteiger partial charge on any atom is -0.390 e. The first-order valence-electron chi connectivity index (χ1n) is 12.4. The molecule has 0 saturated heterocycles. The van der Waals surface area contributed by atoms with E-state index in [1.54, 1.807) is 0 Å². The summed E-state index contributed by atoms with van der Waals surface area (Å²) >= 11 is 0. The normalized spacial score (nSPS) is 19.7. The second-order valence-electron chi connectivity index (χ2n) is 10.3. The first-order chi connectivity index (χ1) is 15.8. The van der Waals surface area contributed by atoms with Gasteiger partial charge in [-0.25, -0.2) is 0 Å². The minimum absolute atomic E-state index is 0.0656. The molecule has 33 heavy (non-hydrogen) atoms. The molecule has 4 N–H and O–H groups in total. The highest BCUT2D eigenvalue weighted by atomic mass is 16.3. The van der Waals surface area contributed by atoms with E-state index in [-0.39, 0.29) is 24.3 Å². The lowest BCUT2D eigenvalue weighted by atomic mass is 9.82. The van der Waals surface area contributed by atoms with E-state index in [1.807, 2.05) is 38.1 Å². The van der Waals surface area contributed by atoms with Crippen molar-refractivity contribution in [2.45, 2.75) is 83.6 Å². The Morgan fingerprint density at radius 3 is 2.64 bits per heavy atom. The molecule has 1 fully saturated rings. The van der Waals surface area contributed by atoms with Crippen molar-refractivity contribution >= 4 is 22.7 Å². The molecule has 2 heterocycles. The summed E-state index contributed by atoms with van der Waals surface area (Å²) in [6.07, 6.45) is 4.97. The third-order valence-corrected chi connectivity index (χ3v) is 7.18. The number of hydrogen-bond acceptors (Lipinski definition) is 4. The summed E-state index contributed by atoms with van der Waals surface area (Å²) in [4.78, 5) is 30.6. The van der Waals surface area contributed by atoms with Gasteiger partial charge < -0.3 is 25.4 Å². The molecule has 1 aliphatic heterocycles. The van der Waals surface area contributed by atoms with Crippen LogP contribution in [-0.4, -0.2) is 56.7 Å². The lowest BCUT2D eigenvalue weighted by molar-refractivity contribution is -0.124. The van der Waals surface area contributed by atoms with Gasteiger partial charge in [0, 0.05) is 23.0 Å². The molecule has 1 aromatic carbocycles. The zero-order chi connectivity index (χ0) is 23.5. The maximum atomic E-state index is 13.0. The molecule has 2 amide bonds.